The van der Waals surface area contributed by atoms with Gasteiger partial charge in [-0.05, 0) is 35.0 Å². The minimum atomic E-state index is 0.848. The highest BCUT2D eigenvalue weighted by atomic mass is 16.5. The fraction of sp³-hybridized carbons (Fsp3) is 0.0833. The second-order valence-electron chi connectivity index (χ2n) is 6.29. The molecule has 4 heteroatoms. The fourth-order valence-corrected chi connectivity index (χ4v) is 3.36. The van der Waals surface area contributed by atoms with Crippen molar-refractivity contribution in [2.45, 2.75) is 0 Å². The van der Waals surface area contributed by atoms with E-state index in [0.717, 1.165) is 44.2 Å². The van der Waals surface area contributed by atoms with E-state index in [-0.39, 0.29) is 0 Å². The summed E-state index contributed by atoms with van der Waals surface area (Å²) in [6.07, 6.45) is 3.54. The summed E-state index contributed by atoms with van der Waals surface area (Å²) in [6.45, 7) is 0. The molecule has 0 bridgehead atoms. The summed E-state index contributed by atoms with van der Waals surface area (Å²) in [5.74, 6) is 1.70. The molecule has 0 amide bonds. The zero-order valence-electron chi connectivity index (χ0n) is 15.8. The lowest BCUT2D eigenvalue weighted by molar-refractivity contribution is 0.419. The number of ether oxygens (including phenoxy) is 2. The highest BCUT2D eigenvalue weighted by molar-refractivity contribution is 6.04. The van der Waals surface area contributed by atoms with Gasteiger partial charge in [0.05, 0.1) is 26.6 Å². The maximum absolute atomic E-state index is 5.44. The summed E-state index contributed by atoms with van der Waals surface area (Å²) in [5, 5.41) is 12.8. The summed E-state index contributed by atoms with van der Waals surface area (Å²) >= 11 is 0. The standard InChI is InChI=1S/C24H20N2O2/c1-27-23-13-11-17(19-7-3-5-9-21(19)23)15-25-26-16-18-12-14-24(28-2)22-10-6-4-8-20(18)22/h3-16H,1-2H3. The van der Waals surface area contributed by atoms with Crippen molar-refractivity contribution in [2.24, 2.45) is 10.2 Å². The van der Waals surface area contributed by atoms with E-state index in [1.807, 2.05) is 60.7 Å². The van der Waals surface area contributed by atoms with Crippen LogP contribution < -0.4 is 9.47 Å². The van der Waals surface area contributed by atoms with Crippen LogP contribution in [0.25, 0.3) is 21.5 Å². The predicted octanol–water partition coefficient (Wildman–Crippen LogP) is 5.46. The van der Waals surface area contributed by atoms with Crippen LogP contribution in [0.3, 0.4) is 0 Å². The van der Waals surface area contributed by atoms with Gasteiger partial charge < -0.3 is 9.47 Å². The summed E-state index contributed by atoms with van der Waals surface area (Å²) in [4.78, 5) is 0. The second kappa shape index (κ2) is 7.92. The molecule has 0 aliphatic heterocycles. The molecule has 4 nitrogen and oxygen atoms in total. The van der Waals surface area contributed by atoms with E-state index in [9.17, 15) is 0 Å². The van der Waals surface area contributed by atoms with Gasteiger partial charge in [-0.2, -0.15) is 10.2 Å². The van der Waals surface area contributed by atoms with E-state index in [1.54, 1.807) is 26.6 Å². The number of hydrogen-bond acceptors (Lipinski definition) is 4. The lowest BCUT2D eigenvalue weighted by Crippen LogP contribution is -1.90. The molecule has 0 aromatic heterocycles. The molecule has 0 radical (unpaired) electrons. The molecule has 0 spiro atoms. The van der Waals surface area contributed by atoms with Crippen LogP contribution in [0, 0.1) is 0 Å². The molecule has 4 aromatic carbocycles. The molecule has 0 fully saturated rings. The molecule has 0 aliphatic rings. The number of hydrogen-bond donors (Lipinski definition) is 0. The SMILES string of the molecule is COc1ccc(C=NN=Cc2ccc(OC)c3ccccc23)c2ccccc12. The van der Waals surface area contributed by atoms with Gasteiger partial charge in [-0.3, -0.25) is 0 Å². The minimum absolute atomic E-state index is 0.848. The Morgan fingerprint density at radius 2 is 0.929 bits per heavy atom. The quantitative estimate of drug-likeness (QED) is 0.347. The Morgan fingerprint density at radius 3 is 1.32 bits per heavy atom. The molecule has 138 valence electrons. The average Bonchev–Trinajstić information content (AvgIpc) is 2.76. The number of methoxy groups -OCH3 is 2. The van der Waals surface area contributed by atoms with E-state index < -0.39 is 0 Å². The van der Waals surface area contributed by atoms with Gasteiger partial charge in [0.25, 0.3) is 0 Å². The summed E-state index contributed by atoms with van der Waals surface area (Å²) in [5.41, 5.74) is 1.99. The number of benzene rings is 4. The monoisotopic (exact) mass is 368 g/mol. The van der Waals surface area contributed by atoms with Crippen molar-refractivity contribution >= 4 is 34.0 Å². The first-order valence-electron chi connectivity index (χ1n) is 8.99. The van der Waals surface area contributed by atoms with Gasteiger partial charge in [0.2, 0.25) is 0 Å². The van der Waals surface area contributed by atoms with Gasteiger partial charge in [0.1, 0.15) is 11.5 Å². The molecule has 0 heterocycles. The lowest BCUT2D eigenvalue weighted by Gasteiger charge is -2.07. The largest absolute Gasteiger partial charge is 0.496 e. The summed E-state index contributed by atoms with van der Waals surface area (Å²) in [7, 11) is 3.36. The molecule has 0 aliphatic carbocycles. The van der Waals surface area contributed by atoms with Gasteiger partial charge >= 0.3 is 0 Å². The molecular weight excluding hydrogens is 348 g/mol. The molecular formula is C24H20N2O2. The Hall–Kier alpha value is -3.66. The number of nitrogens with zero attached hydrogens (tertiary/aromatic N) is 2. The van der Waals surface area contributed by atoms with E-state index in [0.29, 0.717) is 0 Å². The van der Waals surface area contributed by atoms with Crippen LogP contribution in [0.1, 0.15) is 11.1 Å². The van der Waals surface area contributed by atoms with Crippen LogP contribution in [0.5, 0.6) is 11.5 Å². The maximum atomic E-state index is 5.44. The molecule has 0 atom stereocenters. The van der Waals surface area contributed by atoms with Gasteiger partial charge in [-0.1, -0.05) is 48.5 Å². The third-order valence-corrected chi connectivity index (χ3v) is 4.74. The zero-order chi connectivity index (χ0) is 19.3. The zero-order valence-corrected chi connectivity index (χ0v) is 15.8. The van der Waals surface area contributed by atoms with Crippen LogP contribution in [0.2, 0.25) is 0 Å². The van der Waals surface area contributed by atoms with Crippen LogP contribution in [0.4, 0.5) is 0 Å². The van der Waals surface area contributed by atoms with Crippen molar-refractivity contribution in [3.8, 4) is 11.5 Å². The second-order valence-corrected chi connectivity index (χ2v) is 6.29. The maximum Gasteiger partial charge on any atom is 0.126 e. The first kappa shape index (κ1) is 17.7. The third kappa shape index (κ3) is 3.32. The Labute approximate surface area is 163 Å². The van der Waals surface area contributed by atoms with Crippen LogP contribution >= 0.6 is 0 Å². The number of fused-ring (bicyclic) bond motifs is 2. The fourth-order valence-electron chi connectivity index (χ4n) is 3.36. The van der Waals surface area contributed by atoms with Crippen molar-refractivity contribution < 1.29 is 9.47 Å². The van der Waals surface area contributed by atoms with Gasteiger partial charge in [-0.15, -0.1) is 0 Å². The summed E-state index contributed by atoms with van der Waals surface area (Å²) in [6, 6.07) is 24.1. The normalized spacial score (nSPS) is 11.6. The van der Waals surface area contributed by atoms with Crippen LogP contribution in [-0.4, -0.2) is 26.6 Å². The van der Waals surface area contributed by atoms with Crippen molar-refractivity contribution in [2.75, 3.05) is 14.2 Å². The smallest absolute Gasteiger partial charge is 0.126 e. The topological polar surface area (TPSA) is 43.2 Å². The molecule has 4 aromatic rings. The average molecular weight is 368 g/mol. The van der Waals surface area contributed by atoms with Crippen LogP contribution in [0.15, 0.2) is 83.0 Å². The third-order valence-electron chi connectivity index (χ3n) is 4.74. The lowest BCUT2D eigenvalue weighted by atomic mass is 10.0. The molecule has 0 N–H and O–H groups in total. The van der Waals surface area contributed by atoms with E-state index in [1.165, 1.54) is 0 Å². The van der Waals surface area contributed by atoms with Crippen LogP contribution in [-0.2, 0) is 0 Å². The first-order chi connectivity index (χ1) is 13.8. The van der Waals surface area contributed by atoms with Crippen molar-refractivity contribution in [3.63, 3.8) is 0 Å². The van der Waals surface area contributed by atoms with Gasteiger partial charge in [-0.25, -0.2) is 0 Å². The molecule has 0 saturated carbocycles. The molecule has 0 unspecified atom stereocenters. The van der Waals surface area contributed by atoms with Gasteiger partial charge in [0, 0.05) is 21.9 Å². The van der Waals surface area contributed by atoms with Crippen molar-refractivity contribution in [1.29, 1.82) is 0 Å². The van der Waals surface area contributed by atoms with Crippen molar-refractivity contribution in [3.05, 3.63) is 83.9 Å². The van der Waals surface area contributed by atoms with E-state index in [2.05, 4.69) is 22.3 Å². The first-order valence-corrected chi connectivity index (χ1v) is 8.99. The molecule has 0 saturated heterocycles. The predicted molar refractivity (Wildman–Crippen MR) is 116 cm³/mol. The Balaban J connectivity index is 1.66. The Morgan fingerprint density at radius 1 is 0.536 bits per heavy atom. The number of rotatable bonds is 5. The molecule has 28 heavy (non-hydrogen) atoms. The summed E-state index contributed by atoms with van der Waals surface area (Å²) < 4.78 is 10.9. The Bertz CT molecular complexity index is 1100. The van der Waals surface area contributed by atoms with E-state index in [4.69, 9.17) is 9.47 Å². The highest BCUT2D eigenvalue weighted by Gasteiger charge is 2.05. The minimum Gasteiger partial charge on any atom is -0.496 e. The highest BCUT2D eigenvalue weighted by Crippen LogP contribution is 2.28. The molecule has 4 rings (SSSR count). The van der Waals surface area contributed by atoms with Crippen molar-refractivity contribution in [1.82, 2.24) is 0 Å². The Kier molecular flexibility index (Phi) is 5.02. The van der Waals surface area contributed by atoms with Gasteiger partial charge in [0.15, 0.2) is 0 Å². The van der Waals surface area contributed by atoms with E-state index >= 15 is 0 Å².